The molecule has 4 N–H and O–H groups in total. The molecule has 0 saturated carbocycles. The summed E-state index contributed by atoms with van der Waals surface area (Å²) in [6.45, 7) is 35.6. The Balaban J connectivity index is 0.000000387. The minimum Gasteiger partial charge on any atom is -0.444 e. The topological polar surface area (TPSA) is 278 Å². The first-order valence-electron chi connectivity index (χ1n) is 39.3. The van der Waals surface area contributed by atoms with Crippen LogP contribution < -0.4 is 21.3 Å². The molecule has 2 heterocycles. The van der Waals surface area contributed by atoms with E-state index in [1.165, 1.54) is 0 Å². The fourth-order valence-corrected chi connectivity index (χ4v) is 14.3. The van der Waals surface area contributed by atoms with E-state index < -0.39 is 59.1 Å². The number of alkyl carbamates (subject to hydrolysis) is 2. The summed E-state index contributed by atoms with van der Waals surface area (Å²) in [6.07, 6.45) is 15.0. The molecule has 0 bridgehead atoms. The van der Waals surface area contributed by atoms with Crippen LogP contribution in [0.3, 0.4) is 0 Å². The highest BCUT2D eigenvalue weighted by atomic mass is 16.6. The lowest BCUT2D eigenvalue weighted by Gasteiger charge is -2.29. The first kappa shape index (κ1) is 89.9. The molecule has 2 fully saturated rings. The molecule has 4 aliphatic rings. The van der Waals surface area contributed by atoms with E-state index in [9.17, 15) is 57.5 Å². The summed E-state index contributed by atoms with van der Waals surface area (Å²) in [5, 5.41) is 11.7. The highest BCUT2D eigenvalue weighted by Crippen LogP contribution is 2.33. The molecule has 2 aromatic carbocycles. The number of carbonyl (C=O) groups excluding carboxylic acids is 12. The van der Waals surface area contributed by atoms with Crippen molar-refractivity contribution in [2.24, 2.45) is 35.5 Å². The summed E-state index contributed by atoms with van der Waals surface area (Å²) in [4.78, 5) is 164. The normalized spacial score (nSPS) is 18.4. The maximum absolute atomic E-state index is 14.4. The van der Waals surface area contributed by atoms with Gasteiger partial charge in [0.05, 0.1) is 36.0 Å². The average molecular weight is 1490 g/mol. The molecule has 2 aliphatic carbocycles. The maximum atomic E-state index is 14.4. The Labute approximate surface area is 643 Å². The van der Waals surface area contributed by atoms with Gasteiger partial charge in [0.2, 0.25) is 23.6 Å². The molecular weight excluding hydrogens is 1360 g/mol. The van der Waals surface area contributed by atoms with Gasteiger partial charge in [-0.25, -0.2) is 9.59 Å². The molecular formula is C88H126N6O14. The molecule has 20 heteroatoms. The second kappa shape index (κ2) is 42.3. The Bertz CT molecular complexity index is 3730. The summed E-state index contributed by atoms with van der Waals surface area (Å²) >= 11 is 0. The molecule has 6 rings (SSSR count). The van der Waals surface area contributed by atoms with E-state index >= 15 is 0 Å². The molecule has 0 spiro atoms. The van der Waals surface area contributed by atoms with Crippen molar-refractivity contribution in [3.63, 3.8) is 0 Å². The minimum absolute atomic E-state index is 0.00262. The molecule has 0 unspecified atom stereocenters. The smallest absolute Gasteiger partial charge is 0.408 e. The van der Waals surface area contributed by atoms with Crippen LogP contribution in [0, 0.1) is 35.5 Å². The third kappa shape index (κ3) is 28.1. The predicted octanol–water partition coefficient (Wildman–Crippen LogP) is 14.8. The molecule has 0 aromatic heterocycles. The van der Waals surface area contributed by atoms with E-state index in [4.69, 9.17) is 9.47 Å². The first-order valence-corrected chi connectivity index (χ1v) is 39.3. The van der Waals surface area contributed by atoms with Crippen LogP contribution in [0.4, 0.5) is 9.59 Å². The molecule has 592 valence electrons. The Hall–Kier alpha value is -8.68. The van der Waals surface area contributed by atoms with Crippen molar-refractivity contribution < 1.29 is 67.0 Å². The number of hydrogen-bond donors (Lipinski definition) is 4. The minimum atomic E-state index is -0.657. The average Bonchev–Trinajstić information content (AvgIpc) is 1.28. The number of likely N-dealkylation sites (tertiary alicyclic amines) is 2. The number of amides is 6. The quantitative estimate of drug-likeness (QED) is 0.0284. The lowest BCUT2D eigenvalue weighted by atomic mass is 9.83. The summed E-state index contributed by atoms with van der Waals surface area (Å²) in [5.74, 6) is -3.69. The monoisotopic (exact) mass is 1490 g/mol. The predicted molar refractivity (Wildman–Crippen MR) is 423 cm³/mol. The summed E-state index contributed by atoms with van der Waals surface area (Å²) < 4.78 is 11.0. The number of ether oxygens (including phenoxy) is 2. The summed E-state index contributed by atoms with van der Waals surface area (Å²) in [6, 6.07) is 17.3. The molecule has 6 amide bonds. The second-order valence-corrected chi connectivity index (χ2v) is 33.0. The SMILES string of the molecule is CC1=C(C)C(=O)C(CCCC[C@H](CC(=O)[C@@H]2CCCN2C(=O)[C@H](/C=C/[C@H](CC(C)C)NC(=O)OC(C)(C)C)Cc2ccccc2)C(=O)NC(C)C)=C(C)C1=O.CCCC[C@H](CC(=O)[C@@H]1CCCN1C(=O)[C@H](/C=C/[C@H](CC(C)C)NC(=O)OC(C)(C)C)Cc1ccccc1)C(=O)NCC1=C(C)C(=O)C(C)=C(C)C1=O. The fourth-order valence-electron chi connectivity index (χ4n) is 14.3. The molecule has 2 saturated heterocycles. The van der Waals surface area contributed by atoms with Gasteiger partial charge in [-0.15, -0.1) is 0 Å². The van der Waals surface area contributed by atoms with E-state index in [-0.39, 0.29) is 113 Å². The number of ketones is 6. The number of benzene rings is 2. The number of Topliss-reactive ketones (excluding diaryl/α,β-unsaturated/α-hetero) is 6. The third-order valence-electron chi connectivity index (χ3n) is 20.3. The Morgan fingerprint density at radius 1 is 0.491 bits per heavy atom. The van der Waals surface area contributed by atoms with Gasteiger partial charge < -0.3 is 40.5 Å². The van der Waals surface area contributed by atoms with E-state index in [1.807, 2.05) is 127 Å². The van der Waals surface area contributed by atoms with E-state index in [1.54, 1.807) is 72.1 Å². The van der Waals surface area contributed by atoms with Crippen LogP contribution >= 0.6 is 0 Å². The third-order valence-corrected chi connectivity index (χ3v) is 20.3. The van der Waals surface area contributed by atoms with Crippen molar-refractivity contribution in [1.82, 2.24) is 31.1 Å². The Morgan fingerprint density at radius 3 is 1.28 bits per heavy atom. The van der Waals surface area contributed by atoms with Gasteiger partial charge in [0.1, 0.15) is 11.2 Å². The van der Waals surface area contributed by atoms with Crippen molar-refractivity contribution in [3.05, 3.63) is 141 Å². The molecule has 20 nitrogen and oxygen atoms in total. The fraction of sp³-hybridized carbons (Fsp3) is 0.591. The zero-order chi connectivity index (χ0) is 80.5. The van der Waals surface area contributed by atoms with Gasteiger partial charge in [0.15, 0.2) is 34.7 Å². The summed E-state index contributed by atoms with van der Waals surface area (Å²) in [7, 11) is 0. The van der Waals surface area contributed by atoms with Gasteiger partial charge in [-0.1, -0.05) is 139 Å². The highest BCUT2D eigenvalue weighted by molar-refractivity contribution is 6.25. The Morgan fingerprint density at radius 2 is 0.880 bits per heavy atom. The molecule has 2 aliphatic heterocycles. The van der Waals surface area contributed by atoms with Crippen molar-refractivity contribution in [1.29, 1.82) is 0 Å². The number of rotatable bonds is 35. The van der Waals surface area contributed by atoms with Gasteiger partial charge in [-0.05, 0) is 197 Å². The standard InChI is InChI=1S/C45H65N3O7.C43H61N3O7/c1-28(2)25-36(47-44(54)55-45(8,9)10)23-22-35(26-33-17-12-11-13-18-33)43(53)48-24-16-21-38(48)39(49)27-34(42(52)46-29(3)4)19-14-15-20-37-32(7)40(50)30(5)31(6)41(37)51;1-10-11-18-32(40(50)44-26-35-30(6)38(48)28(4)29(5)39(35)49)25-37(47)36-19-15-22-46(36)41(51)33(24-31-16-13-12-14-17-31)20-21-34(23-27(2)3)45-42(52)53-43(7,8)9/h11-13,17-18,22-23,28-29,34-36,38H,14-16,19-21,24-27H2,1-10H3,(H,46,52)(H,47,54);12-14,16-17,20-21,27,32-34,36H,10-11,15,18-19,22-26H2,1-9H3,(H,44,50)(H,45,52)/b23-22+;21-20+/t34-,35-,36-,38+;32-,33-,34-,36+/m11/s1. The number of allylic oxidation sites excluding steroid dienone is 7. The van der Waals surface area contributed by atoms with Crippen LogP contribution in [-0.2, 0) is 70.3 Å². The highest BCUT2D eigenvalue weighted by Gasteiger charge is 2.41. The van der Waals surface area contributed by atoms with Crippen molar-refractivity contribution in [2.75, 3.05) is 19.6 Å². The number of nitrogens with zero attached hydrogens (tertiary/aromatic N) is 2. The zero-order valence-electron chi connectivity index (χ0n) is 68.2. The van der Waals surface area contributed by atoms with E-state index in [2.05, 4.69) is 49.0 Å². The van der Waals surface area contributed by atoms with Crippen LogP contribution in [0.2, 0.25) is 0 Å². The number of hydrogen-bond acceptors (Lipinski definition) is 14. The number of nitrogens with one attached hydrogen (secondary N) is 4. The van der Waals surface area contributed by atoms with Crippen LogP contribution in [-0.4, -0.2) is 141 Å². The maximum Gasteiger partial charge on any atom is 0.408 e. The van der Waals surface area contributed by atoms with Crippen LogP contribution in [0.25, 0.3) is 0 Å². The second-order valence-electron chi connectivity index (χ2n) is 33.0. The van der Waals surface area contributed by atoms with Gasteiger partial charge in [-0.3, -0.25) is 47.9 Å². The van der Waals surface area contributed by atoms with Gasteiger partial charge in [0, 0.05) is 94.9 Å². The molecule has 108 heavy (non-hydrogen) atoms. The molecule has 2 aromatic rings. The first-order chi connectivity index (χ1) is 50.7. The van der Waals surface area contributed by atoms with Crippen molar-refractivity contribution >= 4 is 70.5 Å². The largest absolute Gasteiger partial charge is 0.444 e. The lowest BCUT2D eigenvalue weighted by molar-refractivity contribution is -0.140. The molecule has 0 radical (unpaired) electrons. The van der Waals surface area contributed by atoms with Crippen LogP contribution in [0.1, 0.15) is 239 Å². The van der Waals surface area contributed by atoms with Crippen LogP contribution in [0.5, 0.6) is 0 Å². The number of carbonyl (C=O) groups is 12. The zero-order valence-corrected chi connectivity index (χ0v) is 68.2. The van der Waals surface area contributed by atoms with Crippen molar-refractivity contribution in [3.8, 4) is 0 Å². The van der Waals surface area contributed by atoms with Crippen LogP contribution in [0.15, 0.2) is 130 Å². The molecule has 8 atom stereocenters. The number of unbranched alkanes of at least 4 members (excludes halogenated alkanes) is 2. The van der Waals surface area contributed by atoms with Gasteiger partial charge >= 0.3 is 12.2 Å². The van der Waals surface area contributed by atoms with Gasteiger partial charge in [-0.2, -0.15) is 0 Å². The summed E-state index contributed by atoms with van der Waals surface area (Å²) in [5.41, 5.74) is 4.02. The van der Waals surface area contributed by atoms with E-state index in [0.29, 0.717) is 136 Å². The lowest BCUT2D eigenvalue weighted by Crippen LogP contribution is -2.45. The van der Waals surface area contributed by atoms with Gasteiger partial charge in [0.25, 0.3) is 0 Å². The van der Waals surface area contributed by atoms with E-state index in [0.717, 1.165) is 24.0 Å². The Kier molecular flexibility index (Phi) is 35.3. The van der Waals surface area contributed by atoms with Crippen molar-refractivity contribution in [2.45, 2.75) is 282 Å².